The second kappa shape index (κ2) is 4.36. The second-order valence-electron chi connectivity index (χ2n) is 3.44. The summed E-state index contributed by atoms with van der Waals surface area (Å²) in [6, 6.07) is 0. The summed E-state index contributed by atoms with van der Waals surface area (Å²) >= 11 is 2.10. The molecule has 0 saturated carbocycles. The topological polar surface area (TPSA) is 26.0 Å². The minimum atomic E-state index is 0.482. The molecule has 1 aliphatic heterocycles. The van der Waals surface area contributed by atoms with Crippen LogP contribution in [-0.2, 0) is 0 Å². The highest BCUT2D eigenvalue weighted by molar-refractivity contribution is 8.00. The first kappa shape index (κ1) is 9.40. The SMILES string of the molecule is CCCCC1(CN)CCCS1. The first-order valence-electron chi connectivity index (χ1n) is 4.67. The average Bonchev–Trinajstić information content (AvgIpc) is 2.50. The van der Waals surface area contributed by atoms with Crippen LogP contribution in [0.15, 0.2) is 0 Å². The molecule has 0 radical (unpaired) electrons. The van der Waals surface area contributed by atoms with E-state index in [1.165, 1.54) is 37.9 Å². The lowest BCUT2D eigenvalue weighted by molar-refractivity contribution is 0.504. The van der Waals surface area contributed by atoms with Gasteiger partial charge in [-0.25, -0.2) is 0 Å². The minimum absolute atomic E-state index is 0.482. The Balaban J connectivity index is 2.33. The Bertz CT molecular complexity index is 108. The standard InChI is InChI=1S/C9H19NS/c1-2-3-5-9(8-10)6-4-7-11-9/h2-8,10H2,1H3. The van der Waals surface area contributed by atoms with E-state index in [9.17, 15) is 0 Å². The van der Waals surface area contributed by atoms with Gasteiger partial charge >= 0.3 is 0 Å². The van der Waals surface area contributed by atoms with Crippen molar-refractivity contribution in [3.05, 3.63) is 0 Å². The Labute approximate surface area is 74.1 Å². The van der Waals surface area contributed by atoms with Gasteiger partial charge in [0.1, 0.15) is 0 Å². The molecule has 1 saturated heterocycles. The van der Waals surface area contributed by atoms with E-state index in [2.05, 4.69) is 18.7 Å². The van der Waals surface area contributed by atoms with Gasteiger partial charge in [0.05, 0.1) is 0 Å². The van der Waals surface area contributed by atoms with Crippen molar-refractivity contribution in [3.63, 3.8) is 0 Å². The Morgan fingerprint density at radius 3 is 2.82 bits per heavy atom. The zero-order valence-corrected chi connectivity index (χ0v) is 8.25. The third-order valence-electron chi connectivity index (χ3n) is 2.54. The van der Waals surface area contributed by atoms with Crippen LogP contribution in [0, 0.1) is 0 Å². The van der Waals surface area contributed by atoms with Crippen LogP contribution in [0.2, 0.25) is 0 Å². The molecule has 1 aliphatic rings. The summed E-state index contributed by atoms with van der Waals surface area (Å²) in [5.74, 6) is 1.33. The van der Waals surface area contributed by atoms with E-state index in [1.807, 2.05) is 0 Å². The van der Waals surface area contributed by atoms with Crippen molar-refractivity contribution in [1.82, 2.24) is 0 Å². The fourth-order valence-electron chi connectivity index (χ4n) is 1.71. The molecule has 0 aliphatic carbocycles. The highest BCUT2D eigenvalue weighted by atomic mass is 32.2. The molecule has 0 amide bonds. The van der Waals surface area contributed by atoms with Gasteiger partial charge in [0.15, 0.2) is 0 Å². The maximum atomic E-state index is 5.79. The molecule has 0 bridgehead atoms. The Morgan fingerprint density at radius 1 is 1.55 bits per heavy atom. The van der Waals surface area contributed by atoms with Crippen LogP contribution in [0.25, 0.3) is 0 Å². The smallest absolute Gasteiger partial charge is 0.0282 e. The fourth-order valence-corrected chi connectivity index (χ4v) is 3.13. The van der Waals surface area contributed by atoms with Crippen molar-refractivity contribution >= 4 is 11.8 Å². The number of unbranched alkanes of at least 4 members (excludes halogenated alkanes) is 1. The number of nitrogens with two attached hydrogens (primary N) is 1. The molecule has 1 rings (SSSR count). The van der Waals surface area contributed by atoms with E-state index < -0.39 is 0 Å². The zero-order chi connectivity index (χ0) is 8.16. The molecule has 0 spiro atoms. The van der Waals surface area contributed by atoms with E-state index in [1.54, 1.807) is 0 Å². The van der Waals surface area contributed by atoms with E-state index in [-0.39, 0.29) is 0 Å². The third-order valence-corrected chi connectivity index (χ3v) is 4.22. The predicted molar refractivity (Wildman–Crippen MR) is 53.0 cm³/mol. The number of hydrogen-bond donors (Lipinski definition) is 1. The summed E-state index contributed by atoms with van der Waals surface area (Å²) in [5.41, 5.74) is 5.79. The molecular formula is C9H19NS. The van der Waals surface area contributed by atoms with Crippen LogP contribution in [0.1, 0.15) is 39.0 Å². The van der Waals surface area contributed by atoms with E-state index in [4.69, 9.17) is 5.73 Å². The molecule has 1 fully saturated rings. The predicted octanol–water partition coefficient (Wildman–Crippen LogP) is 2.40. The lowest BCUT2D eigenvalue weighted by atomic mass is 9.97. The molecule has 2 heteroatoms. The lowest BCUT2D eigenvalue weighted by Gasteiger charge is -2.25. The van der Waals surface area contributed by atoms with Gasteiger partial charge in [-0.15, -0.1) is 0 Å². The molecule has 0 aromatic heterocycles. The maximum absolute atomic E-state index is 5.79. The van der Waals surface area contributed by atoms with Crippen molar-refractivity contribution in [1.29, 1.82) is 0 Å². The van der Waals surface area contributed by atoms with Gasteiger partial charge in [-0.2, -0.15) is 11.8 Å². The van der Waals surface area contributed by atoms with Crippen molar-refractivity contribution in [2.45, 2.75) is 43.8 Å². The van der Waals surface area contributed by atoms with Gasteiger partial charge < -0.3 is 5.73 Å². The van der Waals surface area contributed by atoms with Crippen LogP contribution in [0.3, 0.4) is 0 Å². The third kappa shape index (κ3) is 2.38. The van der Waals surface area contributed by atoms with E-state index in [0.717, 1.165) is 6.54 Å². The molecule has 1 heterocycles. The van der Waals surface area contributed by atoms with Crippen molar-refractivity contribution in [2.75, 3.05) is 12.3 Å². The van der Waals surface area contributed by atoms with Gasteiger partial charge in [-0.05, 0) is 25.0 Å². The van der Waals surface area contributed by atoms with Crippen LogP contribution < -0.4 is 5.73 Å². The van der Waals surface area contributed by atoms with Gasteiger partial charge in [0.25, 0.3) is 0 Å². The van der Waals surface area contributed by atoms with Gasteiger partial charge in [0, 0.05) is 11.3 Å². The number of hydrogen-bond acceptors (Lipinski definition) is 2. The van der Waals surface area contributed by atoms with Crippen LogP contribution in [-0.4, -0.2) is 17.0 Å². The molecule has 0 aromatic carbocycles. The second-order valence-corrected chi connectivity index (χ2v) is 5.01. The van der Waals surface area contributed by atoms with Crippen molar-refractivity contribution < 1.29 is 0 Å². The minimum Gasteiger partial charge on any atom is -0.329 e. The summed E-state index contributed by atoms with van der Waals surface area (Å²) in [6.07, 6.45) is 6.73. The number of rotatable bonds is 4. The summed E-state index contributed by atoms with van der Waals surface area (Å²) in [7, 11) is 0. The van der Waals surface area contributed by atoms with Crippen molar-refractivity contribution in [3.8, 4) is 0 Å². The summed E-state index contributed by atoms with van der Waals surface area (Å²) in [5, 5.41) is 0. The molecule has 1 atom stereocenters. The van der Waals surface area contributed by atoms with Gasteiger partial charge in [-0.1, -0.05) is 19.8 Å². The van der Waals surface area contributed by atoms with E-state index in [0.29, 0.717) is 4.75 Å². The highest BCUT2D eigenvalue weighted by Gasteiger charge is 2.32. The highest BCUT2D eigenvalue weighted by Crippen LogP contribution is 2.40. The quantitative estimate of drug-likeness (QED) is 0.706. The van der Waals surface area contributed by atoms with Crippen LogP contribution in [0.4, 0.5) is 0 Å². The molecule has 1 unspecified atom stereocenters. The molecule has 0 aromatic rings. The molecule has 1 nitrogen and oxygen atoms in total. The fraction of sp³-hybridized carbons (Fsp3) is 1.00. The summed E-state index contributed by atoms with van der Waals surface area (Å²) in [4.78, 5) is 0. The zero-order valence-electron chi connectivity index (χ0n) is 7.44. The first-order chi connectivity index (χ1) is 5.33. The summed E-state index contributed by atoms with van der Waals surface area (Å²) < 4.78 is 0.482. The monoisotopic (exact) mass is 173 g/mol. The van der Waals surface area contributed by atoms with Crippen LogP contribution >= 0.6 is 11.8 Å². The number of thioether (sulfide) groups is 1. The summed E-state index contributed by atoms with van der Waals surface area (Å²) in [6.45, 7) is 3.14. The van der Waals surface area contributed by atoms with Gasteiger partial charge in [0.2, 0.25) is 0 Å². The Morgan fingerprint density at radius 2 is 2.36 bits per heavy atom. The average molecular weight is 173 g/mol. The maximum Gasteiger partial charge on any atom is 0.0282 e. The van der Waals surface area contributed by atoms with Crippen molar-refractivity contribution in [2.24, 2.45) is 5.73 Å². The normalized spacial score (nSPS) is 31.1. The van der Waals surface area contributed by atoms with Crippen LogP contribution in [0.5, 0.6) is 0 Å². The Hall–Kier alpha value is 0.310. The molecular weight excluding hydrogens is 154 g/mol. The lowest BCUT2D eigenvalue weighted by Crippen LogP contribution is -2.31. The molecule has 2 N–H and O–H groups in total. The Kier molecular flexibility index (Phi) is 3.73. The largest absolute Gasteiger partial charge is 0.329 e. The van der Waals surface area contributed by atoms with Gasteiger partial charge in [-0.3, -0.25) is 0 Å². The first-order valence-corrected chi connectivity index (χ1v) is 5.65. The molecule has 11 heavy (non-hydrogen) atoms. The molecule has 66 valence electrons. The van der Waals surface area contributed by atoms with E-state index >= 15 is 0 Å².